The minimum absolute atomic E-state index is 0.0368. The molecular formula is C22H29N3O4. The van der Waals surface area contributed by atoms with Crippen LogP contribution in [-0.4, -0.2) is 43.5 Å². The Labute approximate surface area is 172 Å². The summed E-state index contributed by atoms with van der Waals surface area (Å²) in [6.07, 6.45) is 6.61. The first-order valence-corrected chi connectivity index (χ1v) is 10.3. The van der Waals surface area contributed by atoms with E-state index in [4.69, 9.17) is 9.47 Å². The van der Waals surface area contributed by atoms with Crippen molar-refractivity contribution in [2.24, 2.45) is 5.92 Å². The average Bonchev–Trinajstić information content (AvgIpc) is 3.27. The molecule has 2 aliphatic rings. The maximum absolute atomic E-state index is 13.0. The highest BCUT2D eigenvalue weighted by molar-refractivity contribution is 5.89. The summed E-state index contributed by atoms with van der Waals surface area (Å²) in [5, 5.41) is 12.4. The number of methoxy groups -OCH3 is 2. The Morgan fingerprint density at radius 2 is 1.83 bits per heavy atom. The summed E-state index contributed by atoms with van der Waals surface area (Å²) in [5.41, 5.74) is 0.613. The van der Waals surface area contributed by atoms with E-state index in [1.54, 1.807) is 30.2 Å². The Morgan fingerprint density at radius 3 is 2.48 bits per heavy atom. The molecule has 0 radical (unpaired) electrons. The summed E-state index contributed by atoms with van der Waals surface area (Å²) >= 11 is 0. The fourth-order valence-electron chi connectivity index (χ4n) is 4.35. The third kappa shape index (κ3) is 4.64. The molecule has 7 nitrogen and oxygen atoms in total. The van der Waals surface area contributed by atoms with E-state index in [9.17, 15) is 14.9 Å². The molecule has 1 N–H and O–H groups in total. The molecule has 7 heteroatoms. The molecule has 156 valence electrons. The Balaban J connectivity index is 1.70. The van der Waals surface area contributed by atoms with Crippen LogP contribution in [0.2, 0.25) is 0 Å². The Morgan fingerprint density at radius 1 is 1.10 bits per heavy atom. The van der Waals surface area contributed by atoms with Crippen LogP contribution in [0.1, 0.15) is 56.6 Å². The molecule has 3 rings (SSSR count). The summed E-state index contributed by atoms with van der Waals surface area (Å²) in [6.45, 7) is 0.612. The molecule has 0 spiro atoms. The number of carbonyl (C=O) groups is 2. The third-order valence-corrected chi connectivity index (χ3v) is 5.95. The lowest BCUT2D eigenvalue weighted by Crippen LogP contribution is -2.48. The lowest BCUT2D eigenvalue weighted by atomic mass is 9.88. The fraction of sp³-hybridized carbons (Fsp3) is 0.591. The van der Waals surface area contributed by atoms with Crippen molar-refractivity contribution >= 4 is 11.8 Å². The van der Waals surface area contributed by atoms with E-state index in [0.29, 0.717) is 30.0 Å². The maximum atomic E-state index is 13.0. The van der Waals surface area contributed by atoms with Crippen molar-refractivity contribution in [1.29, 1.82) is 5.26 Å². The molecule has 1 saturated carbocycles. The van der Waals surface area contributed by atoms with Gasteiger partial charge in [0.25, 0.3) is 0 Å². The van der Waals surface area contributed by atoms with Gasteiger partial charge in [-0.1, -0.05) is 25.3 Å². The van der Waals surface area contributed by atoms with Crippen LogP contribution in [0.5, 0.6) is 11.5 Å². The van der Waals surface area contributed by atoms with Gasteiger partial charge in [0, 0.05) is 12.5 Å². The van der Waals surface area contributed by atoms with Crippen molar-refractivity contribution in [3.63, 3.8) is 0 Å². The number of carbonyl (C=O) groups excluding carboxylic acids is 2. The number of ether oxygens (including phenoxy) is 2. The fourth-order valence-corrected chi connectivity index (χ4v) is 4.35. The van der Waals surface area contributed by atoms with Gasteiger partial charge in [0.2, 0.25) is 11.8 Å². The maximum Gasteiger partial charge on any atom is 0.244 e. The average molecular weight is 399 g/mol. The summed E-state index contributed by atoms with van der Waals surface area (Å²) in [6, 6.07) is 5.94. The predicted octanol–water partition coefficient (Wildman–Crippen LogP) is 2.96. The molecule has 1 unspecified atom stereocenters. The van der Waals surface area contributed by atoms with Crippen LogP contribution in [0, 0.1) is 17.2 Å². The molecule has 1 aromatic carbocycles. The van der Waals surface area contributed by atoms with Crippen LogP contribution in [0.25, 0.3) is 0 Å². The number of nitrogens with zero attached hydrogens (tertiary/aromatic N) is 2. The number of nitrogens with one attached hydrogen (secondary N) is 1. The van der Waals surface area contributed by atoms with Crippen molar-refractivity contribution in [3.8, 4) is 17.6 Å². The summed E-state index contributed by atoms with van der Waals surface area (Å²) in [5.74, 6) is 0.915. The zero-order valence-corrected chi connectivity index (χ0v) is 17.1. The first-order chi connectivity index (χ1) is 14.1. The zero-order chi connectivity index (χ0) is 20.8. The van der Waals surface area contributed by atoms with Crippen molar-refractivity contribution in [1.82, 2.24) is 10.2 Å². The second kappa shape index (κ2) is 9.64. The summed E-state index contributed by atoms with van der Waals surface area (Å²) in [7, 11) is 3.06. The standard InChI is InChI=1S/C22H29N3O4/c1-28-19-11-10-16(13-20(19)29-2)17(14-23)24-21(26)18-9-6-12-25(18)22(27)15-7-4-3-5-8-15/h10-11,13,15,17-18H,3-9,12H2,1-2H3,(H,24,26)/t17?,18-/m0/s1. The molecule has 29 heavy (non-hydrogen) atoms. The van der Waals surface area contributed by atoms with E-state index in [-0.39, 0.29) is 17.7 Å². The molecule has 2 atom stereocenters. The number of hydrogen-bond acceptors (Lipinski definition) is 5. The highest BCUT2D eigenvalue weighted by Gasteiger charge is 2.38. The molecule has 2 amide bonds. The minimum atomic E-state index is -0.825. The van der Waals surface area contributed by atoms with E-state index in [2.05, 4.69) is 11.4 Å². The summed E-state index contributed by atoms with van der Waals surface area (Å²) in [4.78, 5) is 27.6. The molecule has 1 saturated heterocycles. The van der Waals surface area contributed by atoms with E-state index in [1.807, 2.05) is 0 Å². The van der Waals surface area contributed by atoms with Gasteiger partial charge in [-0.2, -0.15) is 5.26 Å². The van der Waals surface area contributed by atoms with Gasteiger partial charge < -0.3 is 19.7 Å². The van der Waals surface area contributed by atoms with Crippen molar-refractivity contribution in [3.05, 3.63) is 23.8 Å². The molecule has 0 aromatic heterocycles. The number of benzene rings is 1. The molecule has 2 fully saturated rings. The van der Waals surface area contributed by atoms with Gasteiger partial charge in [-0.15, -0.1) is 0 Å². The smallest absolute Gasteiger partial charge is 0.244 e. The van der Waals surface area contributed by atoms with E-state index < -0.39 is 12.1 Å². The predicted molar refractivity (Wildman–Crippen MR) is 107 cm³/mol. The minimum Gasteiger partial charge on any atom is -0.493 e. The van der Waals surface area contributed by atoms with Crippen molar-refractivity contribution in [2.75, 3.05) is 20.8 Å². The molecule has 1 aliphatic heterocycles. The number of likely N-dealkylation sites (tertiary alicyclic amines) is 1. The van der Waals surface area contributed by atoms with Crippen LogP contribution >= 0.6 is 0 Å². The number of amides is 2. The van der Waals surface area contributed by atoms with Crippen LogP contribution in [0.3, 0.4) is 0 Å². The van der Waals surface area contributed by atoms with Crippen LogP contribution in [-0.2, 0) is 9.59 Å². The van der Waals surface area contributed by atoms with Gasteiger partial charge >= 0.3 is 0 Å². The highest BCUT2D eigenvalue weighted by Crippen LogP contribution is 2.31. The molecule has 1 aromatic rings. The van der Waals surface area contributed by atoms with Gasteiger partial charge in [-0.3, -0.25) is 9.59 Å². The van der Waals surface area contributed by atoms with Gasteiger partial charge in [0.05, 0.1) is 20.3 Å². The zero-order valence-electron chi connectivity index (χ0n) is 17.1. The quantitative estimate of drug-likeness (QED) is 0.794. The Bertz CT molecular complexity index is 783. The van der Waals surface area contributed by atoms with Gasteiger partial charge in [0.15, 0.2) is 11.5 Å². The first kappa shape index (κ1) is 21.0. The second-order valence-electron chi connectivity index (χ2n) is 7.71. The van der Waals surface area contributed by atoms with E-state index in [1.165, 1.54) is 13.5 Å². The normalized spacial score (nSPS) is 20.6. The third-order valence-electron chi connectivity index (χ3n) is 5.95. The van der Waals surface area contributed by atoms with Gasteiger partial charge in [-0.25, -0.2) is 0 Å². The number of rotatable bonds is 6. The highest BCUT2D eigenvalue weighted by atomic mass is 16.5. The van der Waals surface area contributed by atoms with E-state index >= 15 is 0 Å². The topological polar surface area (TPSA) is 91.7 Å². The number of hydrogen-bond donors (Lipinski definition) is 1. The van der Waals surface area contributed by atoms with Gasteiger partial charge in [0.1, 0.15) is 12.1 Å². The molecular weight excluding hydrogens is 370 g/mol. The van der Waals surface area contributed by atoms with Crippen LogP contribution < -0.4 is 14.8 Å². The largest absolute Gasteiger partial charge is 0.493 e. The SMILES string of the molecule is COc1ccc(C(C#N)NC(=O)[C@@H]2CCCN2C(=O)C2CCCCC2)cc1OC. The van der Waals surface area contributed by atoms with Crippen molar-refractivity contribution in [2.45, 2.75) is 57.0 Å². The lowest BCUT2D eigenvalue weighted by molar-refractivity contribution is -0.142. The Hall–Kier alpha value is -2.75. The van der Waals surface area contributed by atoms with Gasteiger partial charge in [-0.05, 0) is 43.4 Å². The number of nitriles is 1. The lowest BCUT2D eigenvalue weighted by Gasteiger charge is -2.30. The first-order valence-electron chi connectivity index (χ1n) is 10.3. The monoisotopic (exact) mass is 399 g/mol. The van der Waals surface area contributed by atoms with Crippen LogP contribution in [0.15, 0.2) is 18.2 Å². The van der Waals surface area contributed by atoms with E-state index in [0.717, 1.165) is 32.1 Å². The molecule has 1 aliphatic carbocycles. The summed E-state index contributed by atoms with van der Waals surface area (Å²) < 4.78 is 10.5. The van der Waals surface area contributed by atoms with Crippen LogP contribution in [0.4, 0.5) is 0 Å². The Kier molecular flexibility index (Phi) is 6.97. The molecule has 1 heterocycles. The second-order valence-corrected chi connectivity index (χ2v) is 7.71. The van der Waals surface area contributed by atoms with Crippen molar-refractivity contribution < 1.29 is 19.1 Å². The molecule has 0 bridgehead atoms.